The highest BCUT2D eigenvalue weighted by Crippen LogP contribution is 2.27. The van der Waals surface area contributed by atoms with Crippen LogP contribution in [0.15, 0.2) is 52.1 Å². The monoisotopic (exact) mass is 528 g/mol. The molecule has 4 rings (SSSR count). The van der Waals surface area contributed by atoms with Crippen LogP contribution < -0.4 is 15.5 Å². The third-order valence-corrected chi connectivity index (χ3v) is 6.62. The van der Waals surface area contributed by atoms with E-state index >= 15 is 0 Å². The van der Waals surface area contributed by atoms with Crippen molar-refractivity contribution in [1.82, 2.24) is 15.0 Å². The van der Waals surface area contributed by atoms with Crippen LogP contribution in [0.25, 0.3) is 0 Å². The molecule has 2 N–H and O–H groups in total. The van der Waals surface area contributed by atoms with E-state index in [1.165, 1.54) is 11.8 Å². The van der Waals surface area contributed by atoms with Crippen molar-refractivity contribution in [2.24, 2.45) is 0 Å². The van der Waals surface area contributed by atoms with E-state index in [9.17, 15) is 4.79 Å². The first-order valence-corrected chi connectivity index (χ1v) is 12.4. The number of aryl methyl sites for hydroxylation is 2. The number of carbonyl (C=O) groups excluding carboxylic acids is 1. The summed E-state index contributed by atoms with van der Waals surface area (Å²) in [6.45, 7) is 6.73. The molecular weight excluding hydrogens is 504 g/mol. The second-order valence-corrected chi connectivity index (χ2v) is 9.38. The molecule has 1 saturated heterocycles. The lowest BCUT2D eigenvalue weighted by Gasteiger charge is -2.27. The Kier molecular flexibility index (Phi) is 7.79. The van der Waals surface area contributed by atoms with Crippen LogP contribution in [0, 0.1) is 13.8 Å². The second kappa shape index (κ2) is 11.0. The molecule has 0 saturated carbocycles. The van der Waals surface area contributed by atoms with Gasteiger partial charge in [-0.3, -0.25) is 4.79 Å². The van der Waals surface area contributed by atoms with Gasteiger partial charge in [-0.05, 0) is 65.2 Å². The molecule has 3 aromatic rings. The van der Waals surface area contributed by atoms with Crippen molar-refractivity contribution in [3.8, 4) is 0 Å². The topological polar surface area (TPSA) is 92.3 Å². The summed E-state index contributed by atoms with van der Waals surface area (Å²) in [5.74, 6) is 1.07. The number of hydrogen-bond acceptors (Lipinski definition) is 8. The fourth-order valence-electron chi connectivity index (χ4n) is 3.21. The predicted molar refractivity (Wildman–Crippen MR) is 136 cm³/mol. The molecule has 0 atom stereocenters. The highest BCUT2D eigenvalue weighted by molar-refractivity contribution is 9.10. The number of ether oxygens (including phenoxy) is 1. The third-order valence-electron chi connectivity index (χ3n) is 5.12. The Bertz CT molecular complexity index is 1130. The van der Waals surface area contributed by atoms with Crippen molar-refractivity contribution < 1.29 is 9.53 Å². The maximum atomic E-state index is 12.6. The summed E-state index contributed by atoms with van der Waals surface area (Å²) in [5.41, 5.74) is 3.91. The summed E-state index contributed by atoms with van der Waals surface area (Å²) in [7, 11) is 0. The minimum absolute atomic E-state index is 0.130. The van der Waals surface area contributed by atoms with E-state index in [1.807, 2.05) is 56.3 Å². The maximum absolute atomic E-state index is 12.6. The van der Waals surface area contributed by atoms with Gasteiger partial charge in [-0.1, -0.05) is 30.0 Å². The molecule has 1 aliphatic heterocycles. The van der Waals surface area contributed by atoms with Gasteiger partial charge < -0.3 is 20.3 Å². The molecule has 1 aromatic heterocycles. The number of aromatic nitrogens is 3. The molecule has 8 nitrogen and oxygen atoms in total. The van der Waals surface area contributed by atoms with Crippen LogP contribution in [0.2, 0.25) is 0 Å². The number of nitrogens with zero attached hydrogens (tertiary/aromatic N) is 4. The number of thioether (sulfide) groups is 1. The van der Waals surface area contributed by atoms with Gasteiger partial charge in [0.1, 0.15) is 0 Å². The lowest BCUT2D eigenvalue weighted by molar-refractivity contribution is -0.113. The molecule has 0 bridgehead atoms. The van der Waals surface area contributed by atoms with Crippen LogP contribution in [0.4, 0.5) is 23.3 Å². The standard InChI is InChI=1S/C23H25BrN6O2S/c1-15-12-18(24)19(13-16(15)2)26-20(31)14-33-23-28-21(25-17-6-4-3-5-7-17)27-22(29-23)30-8-10-32-11-9-30/h3-7,12-13H,8-11,14H2,1-2H3,(H,26,31)(H,25,27,28,29). The molecule has 1 fully saturated rings. The van der Waals surface area contributed by atoms with E-state index < -0.39 is 0 Å². The number of para-hydroxylation sites is 1. The predicted octanol–water partition coefficient (Wildman–Crippen LogP) is 4.56. The molecule has 1 aliphatic rings. The number of carbonyl (C=O) groups is 1. The van der Waals surface area contributed by atoms with Gasteiger partial charge >= 0.3 is 0 Å². The number of halogens is 1. The SMILES string of the molecule is Cc1cc(Br)c(NC(=O)CSc2nc(Nc3ccccc3)nc(N3CCOCC3)n2)cc1C. The first-order valence-electron chi connectivity index (χ1n) is 10.6. The number of anilines is 4. The number of rotatable bonds is 7. The number of hydrogen-bond donors (Lipinski definition) is 2. The summed E-state index contributed by atoms with van der Waals surface area (Å²) in [5, 5.41) is 6.68. The summed E-state index contributed by atoms with van der Waals surface area (Å²) in [4.78, 5) is 28.4. The average Bonchev–Trinajstić information content (AvgIpc) is 2.82. The molecule has 2 heterocycles. The summed E-state index contributed by atoms with van der Waals surface area (Å²) >= 11 is 4.80. The Hall–Kier alpha value is -2.69. The highest BCUT2D eigenvalue weighted by Gasteiger charge is 2.18. The molecule has 172 valence electrons. The fourth-order valence-corrected chi connectivity index (χ4v) is 4.40. The van der Waals surface area contributed by atoms with E-state index in [-0.39, 0.29) is 11.7 Å². The van der Waals surface area contributed by atoms with Gasteiger partial charge in [0, 0.05) is 23.2 Å². The maximum Gasteiger partial charge on any atom is 0.234 e. The van der Waals surface area contributed by atoms with E-state index in [4.69, 9.17) is 4.74 Å². The Balaban J connectivity index is 1.49. The van der Waals surface area contributed by atoms with Crippen LogP contribution in [0.5, 0.6) is 0 Å². The molecular formula is C23H25BrN6O2S. The summed E-state index contributed by atoms with van der Waals surface area (Å²) < 4.78 is 6.30. The normalized spacial score (nSPS) is 13.6. The van der Waals surface area contributed by atoms with Gasteiger partial charge in [0.25, 0.3) is 0 Å². The molecule has 0 unspecified atom stereocenters. The van der Waals surface area contributed by atoms with E-state index in [0.29, 0.717) is 43.4 Å². The van der Waals surface area contributed by atoms with Crippen LogP contribution in [-0.4, -0.2) is 52.9 Å². The lowest BCUT2D eigenvalue weighted by Crippen LogP contribution is -2.37. The summed E-state index contributed by atoms with van der Waals surface area (Å²) in [6.07, 6.45) is 0. The average molecular weight is 529 g/mol. The van der Waals surface area contributed by atoms with Gasteiger partial charge in [-0.15, -0.1) is 0 Å². The molecule has 10 heteroatoms. The van der Waals surface area contributed by atoms with Crippen molar-refractivity contribution in [2.45, 2.75) is 19.0 Å². The molecule has 2 aromatic carbocycles. The van der Waals surface area contributed by atoms with Crippen LogP contribution in [0.1, 0.15) is 11.1 Å². The highest BCUT2D eigenvalue weighted by atomic mass is 79.9. The minimum atomic E-state index is -0.130. The summed E-state index contributed by atoms with van der Waals surface area (Å²) in [6, 6.07) is 13.7. The lowest BCUT2D eigenvalue weighted by atomic mass is 10.1. The smallest absolute Gasteiger partial charge is 0.234 e. The van der Waals surface area contributed by atoms with Crippen molar-refractivity contribution in [2.75, 3.05) is 47.6 Å². The van der Waals surface area contributed by atoms with Gasteiger partial charge in [0.2, 0.25) is 17.8 Å². The van der Waals surface area contributed by atoms with E-state index in [1.54, 1.807) is 0 Å². The van der Waals surface area contributed by atoms with Gasteiger partial charge in [-0.2, -0.15) is 15.0 Å². The molecule has 0 aliphatic carbocycles. The Labute approximate surface area is 205 Å². The molecule has 0 spiro atoms. The number of amides is 1. The van der Waals surface area contributed by atoms with E-state index in [0.717, 1.165) is 27.0 Å². The van der Waals surface area contributed by atoms with Crippen molar-refractivity contribution in [3.63, 3.8) is 0 Å². The van der Waals surface area contributed by atoms with Crippen molar-refractivity contribution in [3.05, 3.63) is 58.1 Å². The molecule has 0 radical (unpaired) electrons. The van der Waals surface area contributed by atoms with Crippen LogP contribution >= 0.6 is 27.7 Å². The fraction of sp³-hybridized carbons (Fsp3) is 0.304. The molecule has 33 heavy (non-hydrogen) atoms. The Morgan fingerprint density at radius 1 is 1.09 bits per heavy atom. The second-order valence-electron chi connectivity index (χ2n) is 7.59. The van der Waals surface area contributed by atoms with E-state index in [2.05, 4.69) is 46.4 Å². The third kappa shape index (κ3) is 6.43. The number of benzene rings is 2. The Morgan fingerprint density at radius 3 is 2.58 bits per heavy atom. The largest absolute Gasteiger partial charge is 0.378 e. The zero-order valence-electron chi connectivity index (χ0n) is 18.5. The first kappa shape index (κ1) is 23.5. The van der Waals surface area contributed by atoms with Crippen molar-refractivity contribution in [1.29, 1.82) is 0 Å². The Morgan fingerprint density at radius 2 is 1.82 bits per heavy atom. The zero-order valence-corrected chi connectivity index (χ0v) is 20.9. The van der Waals surface area contributed by atoms with Gasteiger partial charge in [-0.25, -0.2) is 0 Å². The first-order chi connectivity index (χ1) is 16.0. The molecule has 1 amide bonds. The van der Waals surface area contributed by atoms with Gasteiger partial charge in [0.05, 0.1) is 24.7 Å². The number of nitrogens with one attached hydrogen (secondary N) is 2. The number of morpholine rings is 1. The zero-order chi connectivity index (χ0) is 23.2. The quantitative estimate of drug-likeness (QED) is 0.431. The van der Waals surface area contributed by atoms with Crippen LogP contribution in [0.3, 0.4) is 0 Å². The van der Waals surface area contributed by atoms with Crippen LogP contribution in [-0.2, 0) is 9.53 Å². The van der Waals surface area contributed by atoms with Crippen molar-refractivity contribution >= 4 is 56.9 Å². The minimum Gasteiger partial charge on any atom is -0.378 e. The van der Waals surface area contributed by atoms with Gasteiger partial charge in [0.15, 0.2) is 5.16 Å².